The molecule has 1 amide bonds. The molecular weight excluding hydrogens is 635 g/mol. The maximum atomic E-state index is 12.6. The molecule has 0 spiro atoms. The number of amides is 1. The summed E-state index contributed by atoms with van der Waals surface area (Å²) in [6.07, 6.45) is 40.8. The van der Waals surface area contributed by atoms with Gasteiger partial charge < -0.3 is 15.5 Å². The number of carbonyl (C=O) groups is 1. The molecule has 0 saturated carbocycles. The fourth-order valence-corrected chi connectivity index (χ4v) is 7.01. The van der Waals surface area contributed by atoms with E-state index in [0.717, 1.165) is 44.9 Å². The van der Waals surface area contributed by atoms with Crippen LogP contribution < -0.4 is 5.32 Å². The first-order valence-electron chi connectivity index (χ1n) is 20.6. The second-order valence-corrected chi connectivity index (χ2v) is 15.9. The minimum absolute atomic E-state index is 0.274. The molecule has 0 aromatic rings. The van der Waals surface area contributed by atoms with E-state index in [1.165, 1.54) is 141 Å². The fourth-order valence-electron chi connectivity index (χ4n) is 6.27. The van der Waals surface area contributed by atoms with Gasteiger partial charge in [-0.2, -0.15) is 8.42 Å². The van der Waals surface area contributed by atoms with Gasteiger partial charge in [-0.1, -0.05) is 186 Å². The van der Waals surface area contributed by atoms with Crippen LogP contribution in [0.4, 0.5) is 0 Å². The average Bonchev–Trinajstić information content (AvgIpc) is 3.06. The molecule has 8 heteroatoms. The van der Waals surface area contributed by atoms with Crippen molar-refractivity contribution in [3.05, 3.63) is 24.3 Å². The van der Waals surface area contributed by atoms with Gasteiger partial charge in [-0.25, -0.2) is 0 Å². The Morgan fingerprint density at radius 2 is 0.898 bits per heavy atom. The van der Waals surface area contributed by atoms with Crippen molar-refractivity contribution >= 4 is 16.0 Å². The predicted molar refractivity (Wildman–Crippen MR) is 208 cm³/mol. The molecule has 4 N–H and O–H groups in total. The van der Waals surface area contributed by atoms with Crippen molar-refractivity contribution < 1.29 is 28.0 Å². The summed E-state index contributed by atoms with van der Waals surface area (Å²) in [6, 6.07) is -1.23. The Morgan fingerprint density at radius 3 is 1.29 bits per heavy atom. The monoisotopic (exact) mass is 714 g/mol. The van der Waals surface area contributed by atoms with E-state index in [1.54, 1.807) is 6.08 Å². The standard InChI is InChI=1S/C41H79NO6S/c1-3-5-7-9-11-13-15-17-19-21-23-25-27-29-31-33-35-39(43)38(37-49(46,47)48)42-41(45)40(44)36-34-32-30-28-26-24-22-20-18-16-14-12-10-8-6-4-2/h18,20,33,35,38-40,43-44H,3-17,19,21-32,34,36-37H2,1-2H3,(H,42,45)(H,46,47,48)/b20-18-,35-33+. The van der Waals surface area contributed by atoms with Gasteiger partial charge in [-0.15, -0.1) is 0 Å². The highest BCUT2D eigenvalue weighted by Crippen LogP contribution is 2.15. The van der Waals surface area contributed by atoms with Crippen LogP contribution >= 0.6 is 0 Å². The van der Waals surface area contributed by atoms with Gasteiger partial charge in [0, 0.05) is 0 Å². The summed E-state index contributed by atoms with van der Waals surface area (Å²) in [5, 5.41) is 23.4. The summed E-state index contributed by atoms with van der Waals surface area (Å²) < 4.78 is 32.5. The highest BCUT2D eigenvalue weighted by Gasteiger charge is 2.27. The molecule has 0 aliphatic rings. The second kappa shape index (κ2) is 35.2. The minimum atomic E-state index is -4.44. The van der Waals surface area contributed by atoms with Crippen LogP contribution in [0.1, 0.15) is 206 Å². The number of allylic oxidation sites excluding steroid dienone is 3. The third-order valence-corrected chi connectivity index (χ3v) is 10.3. The van der Waals surface area contributed by atoms with Gasteiger partial charge in [0.1, 0.15) is 6.10 Å². The lowest BCUT2D eigenvalue weighted by Crippen LogP contribution is -2.50. The third kappa shape index (κ3) is 35.0. The number of hydrogen-bond acceptors (Lipinski definition) is 5. The van der Waals surface area contributed by atoms with Crippen LogP contribution in [0.3, 0.4) is 0 Å². The van der Waals surface area contributed by atoms with Crippen LogP contribution in [0.15, 0.2) is 24.3 Å². The number of carbonyl (C=O) groups excluding carboxylic acids is 1. The van der Waals surface area contributed by atoms with Crippen molar-refractivity contribution in [1.29, 1.82) is 0 Å². The molecule has 0 saturated heterocycles. The summed E-state index contributed by atoms with van der Waals surface area (Å²) in [7, 11) is -4.44. The van der Waals surface area contributed by atoms with Gasteiger partial charge >= 0.3 is 0 Å². The fraction of sp³-hybridized carbons (Fsp3) is 0.878. The molecule has 0 heterocycles. The third-order valence-electron chi connectivity index (χ3n) is 9.48. The average molecular weight is 714 g/mol. The highest BCUT2D eigenvalue weighted by molar-refractivity contribution is 7.85. The van der Waals surface area contributed by atoms with Crippen molar-refractivity contribution in [3.8, 4) is 0 Å². The Morgan fingerprint density at radius 1 is 0.551 bits per heavy atom. The lowest BCUT2D eigenvalue weighted by molar-refractivity contribution is -0.130. The van der Waals surface area contributed by atoms with Crippen molar-refractivity contribution in [2.45, 2.75) is 225 Å². The zero-order valence-electron chi connectivity index (χ0n) is 31.9. The zero-order valence-corrected chi connectivity index (χ0v) is 32.8. The van der Waals surface area contributed by atoms with E-state index in [-0.39, 0.29) is 6.42 Å². The van der Waals surface area contributed by atoms with Gasteiger partial charge in [0.05, 0.1) is 17.9 Å². The Kier molecular flexibility index (Phi) is 34.3. The van der Waals surface area contributed by atoms with Crippen molar-refractivity contribution in [3.63, 3.8) is 0 Å². The van der Waals surface area contributed by atoms with Gasteiger partial charge in [0.2, 0.25) is 5.91 Å². The molecular formula is C41H79NO6S. The molecule has 3 unspecified atom stereocenters. The summed E-state index contributed by atoms with van der Waals surface area (Å²) in [6.45, 7) is 4.50. The second-order valence-electron chi connectivity index (χ2n) is 14.4. The first-order chi connectivity index (χ1) is 23.7. The molecule has 7 nitrogen and oxygen atoms in total. The van der Waals surface area contributed by atoms with Crippen LogP contribution in [0.5, 0.6) is 0 Å². The van der Waals surface area contributed by atoms with E-state index in [2.05, 4.69) is 31.3 Å². The van der Waals surface area contributed by atoms with Crippen LogP contribution in [0.25, 0.3) is 0 Å². The van der Waals surface area contributed by atoms with Crippen molar-refractivity contribution in [2.75, 3.05) is 5.75 Å². The van der Waals surface area contributed by atoms with Gasteiger partial charge in [0.15, 0.2) is 0 Å². The van der Waals surface area contributed by atoms with Crippen molar-refractivity contribution in [1.82, 2.24) is 5.32 Å². The summed E-state index contributed by atoms with van der Waals surface area (Å²) in [5.74, 6) is -1.54. The van der Waals surface area contributed by atoms with Gasteiger partial charge in [-0.05, 0) is 44.9 Å². The number of rotatable bonds is 37. The number of aliphatic hydroxyl groups excluding tert-OH is 2. The molecule has 0 aliphatic heterocycles. The van der Waals surface area contributed by atoms with Crippen LogP contribution in [0.2, 0.25) is 0 Å². The number of hydrogen-bond donors (Lipinski definition) is 4. The Balaban J connectivity index is 4.05. The summed E-state index contributed by atoms with van der Waals surface area (Å²) in [4.78, 5) is 12.6. The van der Waals surface area contributed by atoms with E-state index in [1.807, 2.05) is 0 Å². The number of aliphatic hydroxyl groups is 2. The van der Waals surface area contributed by atoms with Crippen LogP contribution in [-0.2, 0) is 14.9 Å². The maximum absolute atomic E-state index is 12.6. The van der Waals surface area contributed by atoms with E-state index >= 15 is 0 Å². The SMILES string of the molecule is CCCCCCCC/C=C\CCCCCCCCC(O)C(=O)NC(CS(=O)(=O)O)C(O)/C=C/CCCCCCCCCCCCCCCC. The number of unbranched alkanes of at least 4 members (excludes halogenated alkanes) is 26. The molecule has 0 aliphatic carbocycles. The zero-order chi connectivity index (χ0) is 36.3. The van der Waals surface area contributed by atoms with Gasteiger partial charge in [0.25, 0.3) is 10.1 Å². The lowest BCUT2D eigenvalue weighted by Gasteiger charge is -2.22. The van der Waals surface area contributed by atoms with Crippen LogP contribution in [0, 0.1) is 0 Å². The largest absolute Gasteiger partial charge is 0.387 e. The summed E-state index contributed by atoms with van der Waals surface area (Å²) in [5.41, 5.74) is 0. The highest BCUT2D eigenvalue weighted by atomic mass is 32.2. The first kappa shape index (κ1) is 47.8. The van der Waals surface area contributed by atoms with Crippen LogP contribution in [-0.4, -0.2) is 53.1 Å². The molecule has 0 bridgehead atoms. The normalized spacial score (nSPS) is 14.1. The first-order valence-corrected chi connectivity index (χ1v) is 22.3. The number of nitrogens with one attached hydrogen (secondary N) is 1. The Labute approximate surface area is 303 Å². The molecule has 3 atom stereocenters. The Bertz CT molecular complexity index is 890. The molecule has 0 aromatic carbocycles. The molecule has 0 fully saturated rings. The lowest BCUT2D eigenvalue weighted by atomic mass is 10.0. The smallest absolute Gasteiger partial charge is 0.267 e. The quantitative estimate of drug-likeness (QED) is 0.0289. The van der Waals surface area contributed by atoms with E-state index in [4.69, 9.17) is 0 Å². The molecule has 290 valence electrons. The Hall–Kier alpha value is -1.22. The van der Waals surface area contributed by atoms with Gasteiger partial charge in [-0.3, -0.25) is 9.35 Å². The topological polar surface area (TPSA) is 124 Å². The molecule has 0 aromatic heterocycles. The molecule has 49 heavy (non-hydrogen) atoms. The minimum Gasteiger partial charge on any atom is -0.387 e. The van der Waals surface area contributed by atoms with E-state index < -0.39 is 40.0 Å². The summed E-state index contributed by atoms with van der Waals surface area (Å²) >= 11 is 0. The van der Waals surface area contributed by atoms with E-state index in [9.17, 15) is 28.0 Å². The molecule has 0 rings (SSSR count). The predicted octanol–water partition coefficient (Wildman–Crippen LogP) is 10.9. The molecule has 0 radical (unpaired) electrons. The van der Waals surface area contributed by atoms with E-state index in [0.29, 0.717) is 6.42 Å². The maximum Gasteiger partial charge on any atom is 0.267 e. The van der Waals surface area contributed by atoms with Crippen molar-refractivity contribution in [2.24, 2.45) is 0 Å².